The summed E-state index contributed by atoms with van der Waals surface area (Å²) in [7, 11) is 0. The second kappa shape index (κ2) is 15.3. The van der Waals surface area contributed by atoms with Gasteiger partial charge >= 0.3 is 6.09 Å². The Bertz CT molecular complexity index is 948. The highest BCUT2D eigenvalue weighted by atomic mass is 16.6. The number of nitrogens with zero attached hydrogens (tertiary/aromatic N) is 1. The molecule has 0 spiro atoms. The van der Waals surface area contributed by atoms with Crippen LogP contribution in [-0.2, 0) is 14.3 Å². The van der Waals surface area contributed by atoms with Crippen LogP contribution in [-0.4, -0.2) is 51.6 Å². The summed E-state index contributed by atoms with van der Waals surface area (Å²) in [6, 6.07) is 4.51. The van der Waals surface area contributed by atoms with Crippen molar-refractivity contribution in [2.45, 2.75) is 137 Å². The molecule has 0 radical (unpaired) electrons. The fourth-order valence-corrected chi connectivity index (χ4v) is 5.26. The fraction of sp³-hybridized carbons (Fsp3) is 0.719. The molecule has 0 aromatic heterocycles. The van der Waals surface area contributed by atoms with Crippen molar-refractivity contribution in [3.63, 3.8) is 0 Å². The first-order valence-electron chi connectivity index (χ1n) is 15.1. The highest BCUT2D eigenvalue weighted by molar-refractivity contribution is 5.92. The van der Waals surface area contributed by atoms with Crippen molar-refractivity contribution in [3.8, 4) is 5.75 Å². The van der Waals surface area contributed by atoms with Crippen molar-refractivity contribution < 1.29 is 24.2 Å². The molecule has 2 rings (SSSR count). The number of rotatable bonds is 12. The van der Waals surface area contributed by atoms with Gasteiger partial charge in [0.05, 0.1) is 0 Å². The van der Waals surface area contributed by atoms with Gasteiger partial charge in [-0.2, -0.15) is 0 Å². The molecule has 1 aromatic carbocycles. The van der Waals surface area contributed by atoms with Gasteiger partial charge in [0, 0.05) is 12.1 Å². The van der Waals surface area contributed by atoms with E-state index >= 15 is 0 Å². The quantitative estimate of drug-likeness (QED) is 0.272. The third-order valence-corrected chi connectivity index (χ3v) is 7.27. The number of carbonyl (C=O) groups is 3. The normalized spacial score (nSPS) is 16.8. The minimum absolute atomic E-state index is 0.0649. The highest BCUT2D eigenvalue weighted by Crippen LogP contribution is 2.30. The van der Waals surface area contributed by atoms with E-state index in [0.29, 0.717) is 24.3 Å². The molecule has 3 amide bonds. The lowest BCUT2D eigenvalue weighted by Gasteiger charge is -2.40. The largest absolute Gasteiger partial charge is 0.508 e. The first-order chi connectivity index (χ1) is 18.7. The maximum absolute atomic E-state index is 14.5. The predicted octanol–water partition coefficient (Wildman–Crippen LogP) is 6.47. The minimum Gasteiger partial charge on any atom is -0.508 e. The number of ether oxygens (including phenoxy) is 1. The second-order valence-corrected chi connectivity index (χ2v) is 13.2. The summed E-state index contributed by atoms with van der Waals surface area (Å²) in [6.07, 6.45) is 6.46. The first-order valence-corrected chi connectivity index (χ1v) is 15.1. The monoisotopic (exact) mass is 559 g/mol. The molecule has 0 heterocycles. The van der Waals surface area contributed by atoms with Crippen LogP contribution in [0.15, 0.2) is 24.3 Å². The summed E-state index contributed by atoms with van der Waals surface area (Å²) in [5.74, 6) is 0.0784. The van der Waals surface area contributed by atoms with E-state index in [-0.39, 0.29) is 35.6 Å². The van der Waals surface area contributed by atoms with Crippen LogP contribution in [0.3, 0.4) is 0 Å². The van der Waals surface area contributed by atoms with Crippen molar-refractivity contribution in [1.29, 1.82) is 0 Å². The number of benzene rings is 1. The number of nitrogens with one attached hydrogen (secondary N) is 2. The van der Waals surface area contributed by atoms with Crippen LogP contribution in [0.2, 0.25) is 0 Å². The molecule has 0 bridgehead atoms. The Morgan fingerprint density at radius 3 is 2.08 bits per heavy atom. The first kappa shape index (κ1) is 33.4. The summed E-state index contributed by atoms with van der Waals surface area (Å²) in [4.78, 5) is 43.0. The van der Waals surface area contributed by atoms with Gasteiger partial charge in [-0.3, -0.25) is 9.59 Å². The van der Waals surface area contributed by atoms with Gasteiger partial charge in [-0.05, 0) is 89.3 Å². The molecule has 1 fully saturated rings. The van der Waals surface area contributed by atoms with Crippen molar-refractivity contribution in [3.05, 3.63) is 29.8 Å². The van der Waals surface area contributed by atoms with E-state index in [1.165, 1.54) is 0 Å². The van der Waals surface area contributed by atoms with Crippen LogP contribution in [0.25, 0.3) is 0 Å². The molecular formula is C32H53N3O5. The molecule has 0 saturated heterocycles. The topological polar surface area (TPSA) is 108 Å². The number of alkyl carbamates (subject to hydrolysis) is 1. The van der Waals surface area contributed by atoms with Crippen molar-refractivity contribution in [2.75, 3.05) is 0 Å². The van der Waals surface area contributed by atoms with Gasteiger partial charge in [0.1, 0.15) is 23.4 Å². The molecule has 226 valence electrons. The van der Waals surface area contributed by atoms with E-state index in [9.17, 15) is 19.5 Å². The van der Waals surface area contributed by atoms with Crippen LogP contribution < -0.4 is 10.6 Å². The smallest absolute Gasteiger partial charge is 0.408 e. The summed E-state index contributed by atoms with van der Waals surface area (Å²) in [5, 5.41) is 16.0. The lowest BCUT2D eigenvalue weighted by atomic mass is 9.93. The Kier molecular flexibility index (Phi) is 12.8. The molecular weight excluding hydrogens is 506 g/mol. The minimum atomic E-state index is -0.910. The standard InChI is InChI=1S/C32H53N3O5/c1-21(2)14-15-23(5)35(30(38)27(20-22(3)4)34-31(39)40-32(6,7)8)28(24-16-18-26(36)19-17-24)29(37)33-25-12-10-9-11-13-25/h16-19,21-23,25,27-28,36H,9-15,20H2,1-8H3,(H,33,37)(H,34,39). The maximum atomic E-state index is 14.5. The van der Waals surface area contributed by atoms with Gasteiger partial charge in [-0.15, -0.1) is 0 Å². The summed E-state index contributed by atoms with van der Waals surface area (Å²) in [5.41, 5.74) is -0.0924. The second-order valence-electron chi connectivity index (χ2n) is 13.2. The zero-order valence-electron chi connectivity index (χ0n) is 26.0. The Labute approximate surface area is 241 Å². The Morgan fingerprint density at radius 2 is 1.55 bits per heavy atom. The average Bonchev–Trinajstić information content (AvgIpc) is 2.85. The van der Waals surface area contributed by atoms with E-state index < -0.39 is 23.8 Å². The number of aromatic hydroxyl groups is 1. The average molecular weight is 560 g/mol. The third-order valence-electron chi connectivity index (χ3n) is 7.27. The third kappa shape index (κ3) is 11.0. The molecule has 3 N–H and O–H groups in total. The Morgan fingerprint density at radius 1 is 0.950 bits per heavy atom. The molecule has 40 heavy (non-hydrogen) atoms. The number of amides is 3. The molecule has 0 aliphatic heterocycles. The van der Waals surface area contributed by atoms with E-state index in [0.717, 1.165) is 38.5 Å². The van der Waals surface area contributed by atoms with Gasteiger partial charge in [-0.1, -0.05) is 59.1 Å². The van der Waals surface area contributed by atoms with E-state index in [1.807, 2.05) is 20.8 Å². The zero-order valence-corrected chi connectivity index (χ0v) is 26.0. The molecule has 1 saturated carbocycles. The molecule has 1 aromatic rings. The number of carbonyl (C=O) groups excluding carboxylic acids is 3. The van der Waals surface area contributed by atoms with Gasteiger partial charge in [0.15, 0.2) is 0 Å². The van der Waals surface area contributed by atoms with E-state index in [2.05, 4.69) is 24.5 Å². The van der Waals surface area contributed by atoms with Crippen LogP contribution >= 0.6 is 0 Å². The highest BCUT2D eigenvalue weighted by Gasteiger charge is 2.39. The number of phenolic OH excluding ortho intramolecular Hbond substituents is 1. The lowest BCUT2D eigenvalue weighted by molar-refractivity contribution is -0.146. The number of phenols is 1. The number of hydrogen-bond acceptors (Lipinski definition) is 5. The van der Waals surface area contributed by atoms with E-state index in [4.69, 9.17) is 4.74 Å². The van der Waals surface area contributed by atoms with Crippen molar-refractivity contribution in [2.24, 2.45) is 11.8 Å². The summed E-state index contributed by atoms with van der Waals surface area (Å²) in [6.45, 7) is 15.6. The molecule has 3 unspecified atom stereocenters. The fourth-order valence-electron chi connectivity index (χ4n) is 5.26. The number of hydrogen-bond donors (Lipinski definition) is 3. The molecule has 1 aliphatic carbocycles. The maximum Gasteiger partial charge on any atom is 0.408 e. The van der Waals surface area contributed by atoms with Gasteiger partial charge in [0.25, 0.3) is 0 Å². The molecule has 1 aliphatic rings. The van der Waals surface area contributed by atoms with Gasteiger partial charge in [0.2, 0.25) is 11.8 Å². The molecule has 8 nitrogen and oxygen atoms in total. The predicted molar refractivity (Wildman–Crippen MR) is 159 cm³/mol. The Hall–Kier alpha value is -2.77. The van der Waals surface area contributed by atoms with Crippen LogP contribution in [0.5, 0.6) is 5.75 Å². The van der Waals surface area contributed by atoms with Gasteiger partial charge < -0.3 is 25.4 Å². The SMILES string of the molecule is CC(C)CCC(C)N(C(=O)C(CC(C)C)NC(=O)OC(C)(C)C)C(C(=O)NC1CCCCC1)c1ccc(O)cc1. The zero-order chi connectivity index (χ0) is 30.0. The van der Waals surface area contributed by atoms with Crippen LogP contribution in [0.4, 0.5) is 4.79 Å². The molecule has 8 heteroatoms. The summed E-state index contributed by atoms with van der Waals surface area (Å²) >= 11 is 0. The summed E-state index contributed by atoms with van der Waals surface area (Å²) < 4.78 is 5.50. The van der Waals surface area contributed by atoms with Crippen molar-refractivity contribution in [1.82, 2.24) is 15.5 Å². The Balaban J connectivity index is 2.54. The molecule has 3 atom stereocenters. The van der Waals surface area contributed by atoms with E-state index in [1.54, 1.807) is 49.9 Å². The lowest BCUT2D eigenvalue weighted by Crippen LogP contribution is -2.56. The van der Waals surface area contributed by atoms with Gasteiger partial charge in [-0.25, -0.2) is 4.79 Å². The van der Waals surface area contributed by atoms with Crippen LogP contribution in [0, 0.1) is 11.8 Å². The van der Waals surface area contributed by atoms with Crippen LogP contribution in [0.1, 0.15) is 118 Å². The van der Waals surface area contributed by atoms with Crippen molar-refractivity contribution >= 4 is 17.9 Å².